The maximum Gasteiger partial charge on any atom is 0.143 e. The molecule has 0 aliphatic carbocycles. The fraction of sp³-hybridized carbons (Fsp3) is 0.455. The second-order valence-corrected chi connectivity index (χ2v) is 4.29. The summed E-state index contributed by atoms with van der Waals surface area (Å²) in [6.07, 6.45) is 0.0451. The van der Waals surface area contributed by atoms with E-state index in [0.717, 1.165) is 16.5 Å². The van der Waals surface area contributed by atoms with Gasteiger partial charge in [0.2, 0.25) is 0 Å². The normalized spacial score (nSPS) is 24.7. The molecule has 2 atom stereocenters. The molecule has 2 N–H and O–H groups in total. The number of hydrogen-bond acceptors (Lipinski definition) is 3. The van der Waals surface area contributed by atoms with E-state index in [1.165, 1.54) is 0 Å². The molecule has 15 heavy (non-hydrogen) atoms. The Morgan fingerprint density at radius 2 is 2.27 bits per heavy atom. The topological polar surface area (TPSA) is 38.5 Å². The third-order valence-corrected chi connectivity index (χ3v) is 3.20. The van der Waals surface area contributed by atoms with Gasteiger partial charge in [0.1, 0.15) is 11.9 Å². The molecular weight excluding hydrogens is 212 g/mol. The van der Waals surface area contributed by atoms with E-state index in [4.69, 9.17) is 22.1 Å². The van der Waals surface area contributed by atoms with Gasteiger partial charge in [-0.3, -0.25) is 0 Å². The number of ether oxygens (including phenoxy) is 1. The highest BCUT2D eigenvalue weighted by Crippen LogP contribution is 2.36. The van der Waals surface area contributed by atoms with Crippen molar-refractivity contribution in [2.24, 2.45) is 5.73 Å². The number of rotatable bonds is 1. The van der Waals surface area contributed by atoms with E-state index in [2.05, 4.69) is 11.8 Å². The molecule has 0 saturated carbocycles. The van der Waals surface area contributed by atoms with Crippen LogP contribution in [-0.2, 0) is 0 Å². The number of anilines is 1. The highest BCUT2D eigenvalue weighted by Gasteiger charge is 2.29. The molecule has 0 fully saturated rings. The van der Waals surface area contributed by atoms with E-state index in [1.54, 1.807) is 0 Å². The summed E-state index contributed by atoms with van der Waals surface area (Å²) in [5, 5.41) is 0.725. The van der Waals surface area contributed by atoms with Gasteiger partial charge in [-0.25, -0.2) is 0 Å². The van der Waals surface area contributed by atoms with Gasteiger partial charge in [-0.05, 0) is 25.1 Å². The second-order valence-electron chi connectivity index (χ2n) is 3.86. The molecule has 1 heterocycles. The quantitative estimate of drug-likeness (QED) is 0.795. The van der Waals surface area contributed by atoms with Crippen molar-refractivity contribution >= 4 is 17.3 Å². The summed E-state index contributed by atoms with van der Waals surface area (Å²) >= 11 is 5.95. The Hall–Kier alpha value is -0.930. The average Bonchev–Trinajstić information content (AvgIpc) is 2.24. The molecule has 2 rings (SSSR count). The zero-order valence-corrected chi connectivity index (χ0v) is 9.66. The first kappa shape index (κ1) is 10.6. The first-order chi connectivity index (χ1) is 7.13. The second kappa shape index (κ2) is 3.91. The van der Waals surface area contributed by atoms with E-state index < -0.39 is 0 Å². The highest BCUT2D eigenvalue weighted by molar-refractivity contribution is 6.30. The Morgan fingerprint density at radius 3 is 2.93 bits per heavy atom. The molecule has 0 aromatic heterocycles. The fourth-order valence-corrected chi connectivity index (χ4v) is 2.01. The fourth-order valence-electron chi connectivity index (χ4n) is 1.84. The molecule has 0 radical (unpaired) electrons. The molecule has 2 unspecified atom stereocenters. The SMILES string of the molecule is CC1C(CN)Oc2ccc(Cl)cc2N1C. The largest absolute Gasteiger partial charge is 0.485 e. The highest BCUT2D eigenvalue weighted by atomic mass is 35.5. The standard InChI is InChI=1S/C11H15ClN2O/c1-7-11(6-13)15-10-4-3-8(12)5-9(10)14(7)2/h3-5,7,11H,6,13H2,1-2H3. The molecule has 4 heteroatoms. The number of likely N-dealkylation sites (N-methyl/N-ethyl adjacent to an activating group) is 1. The molecular formula is C11H15ClN2O. The molecule has 82 valence electrons. The minimum Gasteiger partial charge on any atom is -0.485 e. The summed E-state index contributed by atoms with van der Waals surface area (Å²) in [7, 11) is 2.03. The Balaban J connectivity index is 2.40. The van der Waals surface area contributed by atoms with E-state index >= 15 is 0 Å². The van der Waals surface area contributed by atoms with Crippen LogP contribution >= 0.6 is 11.6 Å². The van der Waals surface area contributed by atoms with Crippen LogP contribution in [0.1, 0.15) is 6.92 Å². The van der Waals surface area contributed by atoms with Crippen LogP contribution in [0.5, 0.6) is 5.75 Å². The lowest BCUT2D eigenvalue weighted by Gasteiger charge is -2.39. The number of hydrogen-bond donors (Lipinski definition) is 1. The minimum atomic E-state index is 0.0451. The van der Waals surface area contributed by atoms with E-state index in [-0.39, 0.29) is 12.1 Å². The van der Waals surface area contributed by atoms with E-state index in [9.17, 15) is 0 Å². The number of benzene rings is 1. The van der Waals surface area contributed by atoms with E-state index in [0.29, 0.717) is 6.54 Å². The molecule has 1 aliphatic heterocycles. The lowest BCUT2D eigenvalue weighted by atomic mass is 10.1. The summed E-state index contributed by atoms with van der Waals surface area (Å²) < 4.78 is 5.79. The Bertz CT molecular complexity index is 370. The van der Waals surface area contributed by atoms with Gasteiger partial charge in [0.25, 0.3) is 0 Å². The monoisotopic (exact) mass is 226 g/mol. The lowest BCUT2D eigenvalue weighted by Crippen LogP contribution is -2.49. The maximum absolute atomic E-state index is 5.95. The van der Waals surface area contributed by atoms with Crippen molar-refractivity contribution in [3.8, 4) is 5.75 Å². The van der Waals surface area contributed by atoms with Crippen LogP contribution in [0, 0.1) is 0 Å². The van der Waals surface area contributed by atoms with Crippen molar-refractivity contribution in [1.82, 2.24) is 0 Å². The number of halogens is 1. The first-order valence-corrected chi connectivity index (χ1v) is 5.40. The van der Waals surface area contributed by atoms with Gasteiger partial charge in [-0.2, -0.15) is 0 Å². The maximum atomic E-state index is 5.95. The van der Waals surface area contributed by atoms with Gasteiger partial charge in [0, 0.05) is 18.6 Å². The molecule has 1 aromatic rings. The lowest BCUT2D eigenvalue weighted by molar-refractivity contribution is 0.168. The molecule has 3 nitrogen and oxygen atoms in total. The summed E-state index contributed by atoms with van der Waals surface area (Å²) in [5.41, 5.74) is 6.69. The van der Waals surface area contributed by atoms with Crippen LogP contribution in [0.15, 0.2) is 18.2 Å². The molecule has 0 bridgehead atoms. The van der Waals surface area contributed by atoms with Crippen molar-refractivity contribution < 1.29 is 4.74 Å². The van der Waals surface area contributed by atoms with Crippen molar-refractivity contribution in [1.29, 1.82) is 0 Å². The molecule has 0 spiro atoms. The molecule has 1 aliphatic rings. The van der Waals surface area contributed by atoms with Gasteiger partial charge in [-0.1, -0.05) is 11.6 Å². The van der Waals surface area contributed by atoms with Crippen LogP contribution in [0.3, 0.4) is 0 Å². The predicted octanol–water partition coefficient (Wildman–Crippen LogP) is 1.88. The summed E-state index contributed by atoms with van der Waals surface area (Å²) in [6, 6.07) is 5.90. The van der Waals surface area contributed by atoms with Gasteiger partial charge in [-0.15, -0.1) is 0 Å². The van der Waals surface area contributed by atoms with Gasteiger partial charge in [0.15, 0.2) is 0 Å². The Kier molecular flexibility index (Phi) is 2.76. The van der Waals surface area contributed by atoms with Crippen LogP contribution in [0.2, 0.25) is 5.02 Å². The average molecular weight is 227 g/mol. The van der Waals surface area contributed by atoms with Crippen LogP contribution < -0.4 is 15.4 Å². The Morgan fingerprint density at radius 1 is 1.53 bits per heavy atom. The zero-order chi connectivity index (χ0) is 11.0. The van der Waals surface area contributed by atoms with Gasteiger partial charge < -0.3 is 15.4 Å². The minimum absolute atomic E-state index is 0.0451. The van der Waals surface area contributed by atoms with Gasteiger partial charge in [0.05, 0.1) is 11.7 Å². The van der Waals surface area contributed by atoms with Crippen molar-refractivity contribution in [3.05, 3.63) is 23.2 Å². The third-order valence-electron chi connectivity index (χ3n) is 2.96. The number of nitrogens with two attached hydrogens (primary N) is 1. The smallest absolute Gasteiger partial charge is 0.143 e. The van der Waals surface area contributed by atoms with Gasteiger partial charge >= 0.3 is 0 Å². The Labute approximate surface area is 94.8 Å². The van der Waals surface area contributed by atoms with Crippen LogP contribution in [0.4, 0.5) is 5.69 Å². The van der Waals surface area contributed by atoms with Crippen LogP contribution in [0.25, 0.3) is 0 Å². The molecule has 0 saturated heterocycles. The first-order valence-electron chi connectivity index (χ1n) is 5.02. The zero-order valence-electron chi connectivity index (χ0n) is 8.90. The summed E-state index contributed by atoms with van der Waals surface area (Å²) in [5.74, 6) is 0.857. The van der Waals surface area contributed by atoms with Crippen molar-refractivity contribution in [2.75, 3.05) is 18.5 Å². The van der Waals surface area contributed by atoms with E-state index in [1.807, 2.05) is 25.2 Å². The van der Waals surface area contributed by atoms with Crippen molar-refractivity contribution in [3.63, 3.8) is 0 Å². The predicted molar refractivity (Wildman–Crippen MR) is 62.8 cm³/mol. The summed E-state index contributed by atoms with van der Waals surface area (Å²) in [6.45, 7) is 2.62. The summed E-state index contributed by atoms with van der Waals surface area (Å²) in [4.78, 5) is 2.15. The molecule has 0 amide bonds. The van der Waals surface area contributed by atoms with Crippen molar-refractivity contribution in [2.45, 2.75) is 19.1 Å². The van der Waals surface area contributed by atoms with Crippen LogP contribution in [-0.4, -0.2) is 25.7 Å². The molecule has 1 aromatic carbocycles. The number of nitrogens with zero attached hydrogens (tertiary/aromatic N) is 1. The number of fused-ring (bicyclic) bond motifs is 1. The third kappa shape index (κ3) is 1.77.